The van der Waals surface area contributed by atoms with Gasteiger partial charge in [0.2, 0.25) is 17.6 Å². The van der Waals surface area contributed by atoms with Gasteiger partial charge in [0.05, 0.1) is 11.5 Å². The Morgan fingerprint density at radius 3 is 2.46 bits per heavy atom. The molecule has 0 saturated heterocycles. The van der Waals surface area contributed by atoms with Crippen molar-refractivity contribution >= 4 is 29.3 Å². The molecule has 8 heteroatoms. The maximum Gasteiger partial charge on any atom is 0.251 e. The van der Waals surface area contributed by atoms with Crippen LogP contribution in [0, 0.1) is 6.92 Å². The average molecular weight is 396 g/mol. The molecule has 0 atom stereocenters. The van der Waals surface area contributed by atoms with Crippen LogP contribution in [0.25, 0.3) is 11.4 Å². The summed E-state index contributed by atoms with van der Waals surface area (Å²) in [6.45, 7) is 2.02. The van der Waals surface area contributed by atoms with E-state index in [9.17, 15) is 9.59 Å². The van der Waals surface area contributed by atoms with Crippen molar-refractivity contribution in [3.05, 3.63) is 65.5 Å². The second-order valence-corrected chi connectivity index (χ2v) is 7.06. The predicted molar refractivity (Wildman–Crippen MR) is 109 cm³/mol. The number of rotatable bonds is 7. The van der Waals surface area contributed by atoms with Crippen LogP contribution < -0.4 is 10.6 Å². The number of benzene rings is 2. The molecule has 7 nitrogen and oxygen atoms in total. The van der Waals surface area contributed by atoms with Crippen molar-refractivity contribution in [1.82, 2.24) is 15.5 Å². The standard InChI is InChI=1S/C20H20N4O3S/c1-13-3-5-14(6-4-13)19-23-18(27-24-19)12-28-11-17(25)22-16-9-7-15(8-10-16)20(26)21-2/h3-10H,11-12H2,1-2H3,(H,21,26)(H,22,25). The highest BCUT2D eigenvalue weighted by Crippen LogP contribution is 2.19. The second-order valence-electron chi connectivity index (χ2n) is 6.08. The molecule has 0 saturated carbocycles. The van der Waals surface area contributed by atoms with E-state index in [0.717, 1.165) is 11.1 Å². The molecule has 0 spiro atoms. The fraction of sp³-hybridized carbons (Fsp3) is 0.200. The maximum absolute atomic E-state index is 12.1. The van der Waals surface area contributed by atoms with Crippen molar-refractivity contribution in [1.29, 1.82) is 0 Å². The van der Waals surface area contributed by atoms with Crippen LogP contribution >= 0.6 is 11.8 Å². The van der Waals surface area contributed by atoms with Crippen molar-refractivity contribution in [3.8, 4) is 11.4 Å². The van der Waals surface area contributed by atoms with Crippen molar-refractivity contribution in [3.63, 3.8) is 0 Å². The van der Waals surface area contributed by atoms with Gasteiger partial charge in [-0.15, -0.1) is 11.8 Å². The smallest absolute Gasteiger partial charge is 0.251 e. The van der Waals surface area contributed by atoms with Crippen LogP contribution in [0.5, 0.6) is 0 Å². The van der Waals surface area contributed by atoms with Crippen LogP contribution in [0.3, 0.4) is 0 Å². The Kier molecular flexibility index (Phi) is 6.44. The minimum atomic E-state index is -0.169. The Balaban J connectivity index is 1.46. The van der Waals surface area contributed by atoms with E-state index >= 15 is 0 Å². The molecule has 3 rings (SSSR count). The Bertz CT molecular complexity index is 952. The van der Waals surface area contributed by atoms with Gasteiger partial charge >= 0.3 is 0 Å². The lowest BCUT2D eigenvalue weighted by Gasteiger charge is -2.05. The number of hydrogen-bond donors (Lipinski definition) is 2. The van der Waals surface area contributed by atoms with E-state index in [-0.39, 0.29) is 17.6 Å². The molecule has 0 unspecified atom stereocenters. The molecule has 1 heterocycles. The van der Waals surface area contributed by atoms with E-state index in [4.69, 9.17) is 4.52 Å². The van der Waals surface area contributed by atoms with Gasteiger partial charge < -0.3 is 15.2 Å². The summed E-state index contributed by atoms with van der Waals surface area (Å²) in [6.07, 6.45) is 0. The summed E-state index contributed by atoms with van der Waals surface area (Å²) in [4.78, 5) is 27.9. The van der Waals surface area contributed by atoms with Crippen LogP contribution in [0.1, 0.15) is 21.8 Å². The highest BCUT2D eigenvalue weighted by Gasteiger charge is 2.10. The first-order valence-electron chi connectivity index (χ1n) is 8.64. The molecule has 28 heavy (non-hydrogen) atoms. The van der Waals surface area contributed by atoms with Gasteiger partial charge in [-0.1, -0.05) is 35.0 Å². The monoisotopic (exact) mass is 396 g/mol. The first-order chi connectivity index (χ1) is 13.5. The quantitative estimate of drug-likeness (QED) is 0.636. The summed E-state index contributed by atoms with van der Waals surface area (Å²) in [5.41, 5.74) is 3.23. The third kappa shape index (κ3) is 5.20. The third-order valence-corrected chi connectivity index (χ3v) is 4.81. The lowest BCUT2D eigenvalue weighted by atomic mass is 10.1. The molecular formula is C20H20N4O3S. The van der Waals surface area contributed by atoms with E-state index in [0.29, 0.717) is 28.7 Å². The number of hydrogen-bond acceptors (Lipinski definition) is 6. The zero-order valence-electron chi connectivity index (χ0n) is 15.6. The van der Waals surface area contributed by atoms with E-state index in [2.05, 4.69) is 20.8 Å². The number of aryl methyl sites for hydroxylation is 1. The summed E-state index contributed by atoms with van der Waals surface area (Å²) >= 11 is 1.38. The van der Waals surface area contributed by atoms with Crippen LogP contribution in [0.4, 0.5) is 5.69 Å². The Morgan fingerprint density at radius 2 is 1.79 bits per heavy atom. The highest BCUT2D eigenvalue weighted by molar-refractivity contribution is 7.99. The molecule has 0 fully saturated rings. The van der Waals surface area contributed by atoms with Crippen molar-refractivity contribution in [2.24, 2.45) is 0 Å². The van der Waals surface area contributed by atoms with Gasteiger partial charge in [0.1, 0.15) is 0 Å². The largest absolute Gasteiger partial charge is 0.355 e. The Hall–Kier alpha value is -3.13. The number of nitrogens with one attached hydrogen (secondary N) is 2. The number of carbonyl (C=O) groups excluding carboxylic acids is 2. The van der Waals surface area contributed by atoms with Gasteiger partial charge in [-0.3, -0.25) is 9.59 Å². The van der Waals surface area contributed by atoms with Crippen molar-refractivity contribution in [2.75, 3.05) is 18.1 Å². The van der Waals surface area contributed by atoms with Crippen LogP contribution in [0.15, 0.2) is 53.1 Å². The van der Waals surface area contributed by atoms with E-state index in [1.165, 1.54) is 11.8 Å². The first kappa shape index (κ1) is 19.6. The molecule has 0 aliphatic rings. The minimum Gasteiger partial charge on any atom is -0.355 e. The third-order valence-electron chi connectivity index (χ3n) is 3.89. The molecule has 1 aromatic heterocycles. The van der Waals surface area contributed by atoms with Crippen molar-refractivity contribution in [2.45, 2.75) is 12.7 Å². The molecule has 3 aromatic rings. The number of carbonyl (C=O) groups is 2. The van der Waals surface area contributed by atoms with Gasteiger partial charge in [0.25, 0.3) is 5.91 Å². The maximum atomic E-state index is 12.1. The van der Waals surface area contributed by atoms with E-state index in [1.807, 2.05) is 31.2 Å². The summed E-state index contributed by atoms with van der Waals surface area (Å²) in [5.74, 6) is 1.40. The van der Waals surface area contributed by atoms with Crippen LogP contribution in [0.2, 0.25) is 0 Å². The highest BCUT2D eigenvalue weighted by atomic mass is 32.2. The van der Waals surface area contributed by atoms with E-state index < -0.39 is 0 Å². The lowest BCUT2D eigenvalue weighted by molar-refractivity contribution is -0.113. The number of thioether (sulfide) groups is 1. The SMILES string of the molecule is CNC(=O)c1ccc(NC(=O)CSCc2nc(-c3ccc(C)cc3)no2)cc1. The van der Waals surface area contributed by atoms with Gasteiger partial charge in [0.15, 0.2) is 0 Å². The molecular weight excluding hydrogens is 376 g/mol. The molecule has 0 radical (unpaired) electrons. The average Bonchev–Trinajstić information content (AvgIpc) is 3.17. The lowest BCUT2D eigenvalue weighted by Crippen LogP contribution is -2.18. The Morgan fingerprint density at radius 1 is 1.07 bits per heavy atom. The molecule has 0 bridgehead atoms. The molecule has 0 aliphatic carbocycles. The second kappa shape index (κ2) is 9.18. The van der Waals surface area contributed by atoms with Crippen LogP contribution in [-0.2, 0) is 10.5 Å². The zero-order valence-corrected chi connectivity index (χ0v) is 16.4. The van der Waals surface area contributed by atoms with Gasteiger partial charge in [0, 0.05) is 23.9 Å². The first-order valence-corrected chi connectivity index (χ1v) is 9.80. The molecule has 2 aromatic carbocycles. The van der Waals surface area contributed by atoms with E-state index in [1.54, 1.807) is 31.3 Å². The number of anilines is 1. The zero-order chi connectivity index (χ0) is 19.9. The van der Waals surface area contributed by atoms with Gasteiger partial charge in [-0.25, -0.2) is 0 Å². The van der Waals surface area contributed by atoms with Crippen molar-refractivity contribution < 1.29 is 14.1 Å². The fourth-order valence-electron chi connectivity index (χ4n) is 2.41. The number of nitrogens with zero attached hydrogens (tertiary/aromatic N) is 2. The molecule has 144 valence electrons. The Labute approximate surface area is 166 Å². The summed E-state index contributed by atoms with van der Waals surface area (Å²) in [6, 6.07) is 14.6. The summed E-state index contributed by atoms with van der Waals surface area (Å²) < 4.78 is 5.24. The fourth-order valence-corrected chi connectivity index (χ4v) is 3.06. The molecule has 2 N–H and O–H groups in total. The topological polar surface area (TPSA) is 97.1 Å². The molecule has 0 aliphatic heterocycles. The van der Waals surface area contributed by atoms with Gasteiger partial charge in [-0.2, -0.15) is 4.98 Å². The number of amides is 2. The normalized spacial score (nSPS) is 10.5. The van der Waals surface area contributed by atoms with Gasteiger partial charge in [-0.05, 0) is 31.2 Å². The number of aromatic nitrogens is 2. The summed E-state index contributed by atoms with van der Waals surface area (Å²) in [5, 5.41) is 9.32. The summed E-state index contributed by atoms with van der Waals surface area (Å²) in [7, 11) is 1.57. The van der Waals surface area contributed by atoms with Crippen LogP contribution in [-0.4, -0.2) is 34.8 Å². The predicted octanol–water partition coefficient (Wildman–Crippen LogP) is 3.28. The minimum absolute atomic E-state index is 0.143. The molecule has 2 amide bonds.